The molecule has 4 rings (SSSR count). The molecule has 2 aliphatic rings. The van der Waals surface area contributed by atoms with Crippen molar-refractivity contribution in [3.8, 4) is 16.9 Å². The number of piperidine rings is 1. The van der Waals surface area contributed by atoms with Gasteiger partial charge in [-0.25, -0.2) is 0 Å². The summed E-state index contributed by atoms with van der Waals surface area (Å²) >= 11 is 0. The fourth-order valence-electron chi connectivity index (χ4n) is 4.01. The van der Waals surface area contributed by atoms with Crippen LogP contribution in [0.3, 0.4) is 0 Å². The van der Waals surface area contributed by atoms with Crippen molar-refractivity contribution in [2.75, 3.05) is 41.3 Å². The Kier molecular flexibility index (Phi) is 6.02. The molecule has 0 aromatic heterocycles. The van der Waals surface area contributed by atoms with E-state index < -0.39 is 16.0 Å². The normalized spacial score (nSPS) is 18.3. The summed E-state index contributed by atoms with van der Waals surface area (Å²) < 4.78 is 39.8. The number of carbonyl (C=O) groups is 1. The number of hydrogen-bond acceptors (Lipinski definition) is 5. The van der Waals surface area contributed by atoms with Crippen molar-refractivity contribution in [2.45, 2.75) is 25.2 Å². The van der Waals surface area contributed by atoms with Crippen LogP contribution in [0.2, 0.25) is 0 Å². The van der Waals surface area contributed by atoms with Gasteiger partial charge >= 0.3 is 0 Å². The van der Waals surface area contributed by atoms with E-state index in [2.05, 4.69) is 0 Å². The highest BCUT2D eigenvalue weighted by Crippen LogP contribution is 2.39. The average Bonchev–Trinajstić information content (AvgIpc) is 2.78. The van der Waals surface area contributed by atoms with Crippen LogP contribution in [0, 0.1) is 0 Å². The summed E-state index contributed by atoms with van der Waals surface area (Å²) in [6.07, 6.45) is 0.950. The van der Waals surface area contributed by atoms with Gasteiger partial charge in [-0.3, -0.25) is 4.79 Å². The van der Waals surface area contributed by atoms with E-state index in [1.54, 1.807) is 19.0 Å². The van der Waals surface area contributed by atoms with Crippen LogP contribution >= 0.6 is 0 Å². The third kappa shape index (κ3) is 4.25. The van der Waals surface area contributed by atoms with Gasteiger partial charge in [0, 0.05) is 65.2 Å². The van der Waals surface area contributed by atoms with Gasteiger partial charge in [0.05, 0.1) is 6.61 Å². The topological polar surface area (TPSA) is 79.4 Å². The molecule has 9 heteroatoms. The van der Waals surface area contributed by atoms with Crippen LogP contribution in [0.5, 0.6) is 5.75 Å². The van der Waals surface area contributed by atoms with Crippen molar-refractivity contribution < 1.29 is 22.7 Å². The lowest BCUT2D eigenvalue weighted by atomic mass is 9.99. The minimum absolute atomic E-state index is 0.0291. The fraction of sp³-hybridized carbons (Fsp3) is 0.435. The Morgan fingerprint density at radius 2 is 1.59 bits per heavy atom. The second-order valence-corrected chi connectivity index (χ2v) is 10.7. The van der Waals surface area contributed by atoms with E-state index in [1.165, 1.54) is 22.7 Å². The molecule has 2 heterocycles. The lowest BCUT2D eigenvalue weighted by molar-refractivity contribution is -0.224. The third-order valence-electron chi connectivity index (χ3n) is 5.99. The number of amides is 1. The van der Waals surface area contributed by atoms with E-state index in [-0.39, 0.29) is 5.91 Å². The second kappa shape index (κ2) is 8.47. The monoisotopic (exact) mass is 459 g/mol. The quantitative estimate of drug-likeness (QED) is 0.702. The van der Waals surface area contributed by atoms with E-state index in [0.29, 0.717) is 38.1 Å². The van der Waals surface area contributed by atoms with E-state index >= 15 is 0 Å². The lowest BCUT2D eigenvalue weighted by Gasteiger charge is -2.43. The van der Waals surface area contributed by atoms with E-state index in [9.17, 15) is 13.2 Å². The summed E-state index contributed by atoms with van der Waals surface area (Å²) in [5.74, 6) is -0.0528. The second-order valence-electron chi connectivity index (χ2n) is 8.59. The molecule has 0 radical (unpaired) electrons. The first-order valence-corrected chi connectivity index (χ1v) is 12.0. The zero-order valence-corrected chi connectivity index (χ0v) is 19.7. The Bertz CT molecular complexity index is 1100. The van der Waals surface area contributed by atoms with Gasteiger partial charge in [-0.15, -0.1) is 0 Å². The molecule has 1 fully saturated rings. The fourth-order valence-corrected chi connectivity index (χ4v) is 5.11. The predicted octanol–water partition coefficient (Wildman–Crippen LogP) is 2.56. The van der Waals surface area contributed by atoms with Gasteiger partial charge in [-0.1, -0.05) is 18.2 Å². The molecular weight excluding hydrogens is 430 g/mol. The first-order chi connectivity index (χ1) is 15.1. The van der Waals surface area contributed by atoms with Crippen molar-refractivity contribution in [3.63, 3.8) is 0 Å². The highest BCUT2D eigenvalue weighted by molar-refractivity contribution is 7.86. The minimum Gasteiger partial charge on any atom is -0.462 e. The molecule has 32 heavy (non-hydrogen) atoms. The standard InChI is InChI=1S/C23H29N3O5S/c1-24(2)22(27)18-7-5-17(6-8-18)19-9-10-21-20(15-19)16-30-23(31-21)11-13-26(14-12-23)32(28,29)25(3)4/h5-10,15H,11-14,16H2,1-4H3. The largest absolute Gasteiger partial charge is 0.462 e. The molecular formula is C23H29N3O5S. The van der Waals surface area contributed by atoms with Crippen molar-refractivity contribution in [2.24, 2.45) is 0 Å². The van der Waals surface area contributed by atoms with Gasteiger partial charge in [-0.05, 0) is 35.4 Å². The van der Waals surface area contributed by atoms with Crippen LogP contribution in [-0.4, -0.2) is 74.9 Å². The minimum atomic E-state index is -3.43. The van der Waals surface area contributed by atoms with Gasteiger partial charge in [0.15, 0.2) is 0 Å². The highest BCUT2D eigenvalue weighted by Gasteiger charge is 2.43. The molecule has 0 unspecified atom stereocenters. The van der Waals surface area contributed by atoms with Crippen LogP contribution in [0.1, 0.15) is 28.8 Å². The summed E-state index contributed by atoms with van der Waals surface area (Å²) in [7, 11) is 3.11. The average molecular weight is 460 g/mol. The first-order valence-electron chi connectivity index (χ1n) is 10.6. The SMILES string of the molecule is CN(C)C(=O)c1ccc(-c2ccc3c(c2)COC2(CCN(S(=O)(=O)N(C)C)CC2)O3)cc1. The maximum Gasteiger partial charge on any atom is 0.281 e. The lowest BCUT2D eigenvalue weighted by Crippen LogP contribution is -2.54. The summed E-state index contributed by atoms with van der Waals surface area (Å²) in [5.41, 5.74) is 3.62. The molecule has 0 saturated carbocycles. The molecule has 2 aromatic rings. The number of fused-ring (bicyclic) bond motifs is 1. The summed E-state index contributed by atoms with van der Waals surface area (Å²) in [6, 6.07) is 13.5. The summed E-state index contributed by atoms with van der Waals surface area (Å²) in [6.45, 7) is 1.11. The van der Waals surface area contributed by atoms with Crippen LogP contribution in [0.25, 0.3) is 11.1 Å². The van der Waals surface area contributed by atoms with Crippen molar-refractivity contribution in [3.05, 3.63) is 53.6 Å². The molecule has 0 N–H and O–H groups in total. The number of rotatable bonds is 4. The van der Waals surface area contributed by atoms with Crippen LogP contribution < -0.4 is 4.74 Å². The molecule has 2 aromatic carbocycles. The predicted molar refractivity (Wildman–Crippen MR) is 121 cm³/mol. The Morgan fingerprint density at radius 1 is 0.969 bits per heavy atom. The first kappa shape index (κ1) is 22.7. The van der Waals surface area contributed by atoms with Crippen molar-refractivity contribution in [1.82, 2.24) is 13.5 Å². The highest BCUT2D eigenvalue weighted by atomic mass is 32.2. The zero-order chi connectivity index (χ0) is 23.1. The molecule has 2 aliphatic heterocycles. The molecule has 0 aliphatic carbocycles. The Hall–Kier alpha value is -2.46. The van der Waals surface area contributed by atoms with E-state index in [1.807, 2.05) is 42.5 Å². The smallest absolute Gasteiger partial charge is 0.281 e. The van der Waals surface area contributed by atoms with Gasteiger partial charge in [-0.2, -0.15) is 17.0 Å². The van der Waals surface area contributed by atoms with Crippen molar-refractivity contribution >= 4 is 16.1 Å². The van der Waals surface area contributed by atoms with Gasteiger partial charge in [0.1, 0.15) is 5.75 Å². The zero-order valence-electron chi connectivity index (χ0n) is 18.9. The Labute approximate surface area is 189 Å². The maximum absolute atomic E-state index is 12.4. The molecule has 1 amide bonds. The number of ether oxygens (including phenoxy) is 2. The number of benzene rings is 2. The Morgan fingerprint density at radius 3 is 2.19 bits per heavy atom. The van der Waals surface area contributed by atoms with E-state index in [0.717, 1.165) is 22.4 Å². The molecule has 1 saturated heterocycles. The molecule has 0 atom stereocenters. The molecule has 1 spiro atoms. The van der Waals surface area contributed by atoms with Crippen molar-refractivity contribution in [1.29, 1.82) is 0 Å². The van der Waals surface area contributed by atoms with Crippen LogP contribution in [-0.2, 0) is 21.6 Å². The maximum atomic E-state index is 12.4. The van der Waals surface area contributed by atoms with Gasteiger partial charge < -0.3 is 14.4 Å². The number of hydrogen-bond donors (Lipinski definition) is 0. The number of carbonyl (C=O) groups excluding carboxylic acids is 1. The molecule has 8 nitrogen and oxygen atoms in total. The number of nitrogens with zero attached hydrogens (tertiary/aromatic N) is 3. The van der Waals surface area contributed by atoms with Gasteiger partial charge in [0.2, 0.25) is 5.79 Å². The molecule has 172 valence electrons. The Balaban J connectivity index is 1.47. The molecule has 0 bridgehead atoms. The van der Waals surface area contributed by atoms with Crippen LogP contribution in [0.4, 0.5) is 0 Å². The van der Waals surface area contributed by atoms with Gasteiger partial charge in [0.25, 0.3) is 16.1 Å². The third-order valence-corrected chi connectivity index (χ3v) is 7.93. The summed E-state index contributed by atoms with van der Waals surface area (Å²) in [5, 5.41) is 0. The summed E-state index contributed by atoms with van der Waals surface area (Å²) in [4.78, 5) is 13.6. The van der Waals surface area contributed by atoms with Crippen LogP contribution in [0.15, 0.2) is 42.5 Å². The van der Waals surface area contributed by atoms with E-state index in [4.69, 9.17) is 9.47 Å².